The van der Waals surface area contributed by atoms with E-state index in [0.717, 1.165) is 5.56 Å². The summed E-state index contributed by atoms with van der Waals surface area (Å²) >= 11 is 4.64. The average molecular weight is 566 g/mol. The molecule has 39 heavy (non-hydrogen) atoms. The Morgan fingerprint density at radius 3 is 1.85 bits per heavy atom. The van der Waals surface area contributed by atoms with Gasteiger partial charge < -0.3 is 20.4 Å². The summed E-state index contributed by atoms with van der Waals surface area (Å²) in [6, 6.07) is 6.35. The van der Waals surface area contributed by atoms with E-state index in [1.54, 1.807) is 38.7 Å². The van der Waals surface area contributed by atoms with Gasteiger partial charge in [-0.1, -0.05) is 12.1 Å². The van der Waals surface area contributed by atoms with E-state index in [2.05, 4.69) is 22.4 Å². The highest BCUT2D eigenvalue weighted by Crippen LogP contribution is 2.17. The molecule has 214 valence electrons. The van der Waals surface area contributed by atoms with Crippen molar-refractivity contribution in [3.8, 4) is 0 Å². The number of aliphatic imine (C=N–C) groups is 1. The van der Waals surface area contributed by atoms with Crippen LogP contribution in [0.25, 0.3) is 0 Å². The van der Waals surface area contributed by atoms with E-state index in [0.29, 0.717) is 12.1 Å². The van der Waals surface area contributed by atoms with Crippen molar-refractivity contribution in [3.63, 3.8) is 0 Å². The van der Waals surface area contributed by atoms with E-state index in [-0.39, 0.29) is 71.5 Å². The third-order valence-corrected chi connectivity index (χ3v) is 6.61. The van der Waals surface area contributed by atoms with Gasteiger partial charge in [0.05, 0.1) is 37.0 Å². The fourth-order valence-electron chi connectivity index (χ4n) is 4.72. The van der Waals surface area contributed by atoms with Gasteiger partial charge in [0.2, 0.25) is 0 Å². The molecule has 0 bridgehead atoms. The van der Waals surface area contributed by atoms with Crippen molar-refractivity contribution >= 4 is 46.9 Å². The Kier molecular flexibility index (Phi) is 13.1. The highest BCUT2D eigenvalue weighted by molar-refractivity contribution is 7.78. The standard InChI is InChI=1S/C25H35N5O8S/c1-18-11-28(14-23(33)34)12-21(10-19-2-4-20(5-3-19)26-17-39)30(16-25(37)38)9-7-27(13-22(31)32)6-8-29(18)15-24(35)36/h2-5,18,21H,6-16H2,1H3,(H,31,32)(H,33,34)(H,35,36)(H,37,38). The smallest absolute Gasteiger partial charge is 0.317 e. The van der Waals surface area contributed by atoms with Crippen molar-refractivity contribution in [1.82, 2.24) is 19.6 Å². The molecule has 1 saturated heterocycles. The van der Waals surface area contributed by atoms with E-state index in [1.807, 2.05) is 12.1 Å². The van der Waals surface area contributed by atoms with Crippen molar-refractivity contribution < 1.29 is 39.6 Å². The first-order valence-corrected chi connectivity index (χ1v) is 12.8. The van der Waals surface area contributed by atoms with Crippen LogP contribution in [0.15, 0.2) is 29.3 Å². The van der Waals surface area contributed by atoms with Crippen LogP contribution in [0.4, 0.5) is 5.69 Å². The first-order valence-electron chi connectivity index (χ1n) is 12.4. The van der Waals surface area contributed by atoms with Crippen LogP contribution in [0.1, 0.15) is 12.5 Å². The Hall–Kier alpha value is -3.26. The number of isothiocyanates is 1. The van der Waals surface area contributed by atoms with E-state index < -0.39 is 29.9 Å². The number of hydrogen-bond acceptors (Lipinski definition) is 10. The molecule has 0 amide bonds. The molecule has 2 unspecified atom stereocenters. The van der Waals surface area contributed by atoms with Crippen molar-refractivity contribution in [2.75, 3.05) is 65.4 Å². The van der Waals surface area contributed by atoms with Gasteiger partial charge in [0, 0.05) is 51.4 Å². The van der Waals surface area contributed by atoms with Gasteiger partial charge in [0.25, 0.3) is 0 Å². The van der Waals surface area contributed by atoms with Gasteiger partial charge in [-0.2, -0.15) is 4.99 Å². The summed E-state index contributed by atoms with van der Waals surface area (Å²) in [5.41, 5.74) is 1.48. The maximum Gasteiger partial charge on any atom is 0.317 e. The second-order valence-corrected chi connectivity index (χ2v) is 9.75. The lowest BCUT2D eigenvalue weighted by Gasteiger charge is -2.39. The van der Waals surface area contributed by atoms with Crippen LogP contribution in [0.5, 0.6) is 0 Å². The van der Waals surface area contributed by atoms with Crippen LogP contribution < -0.4 is 0 Å². The molecule has 1 heterocycles. The second kappa shape index (κ2) is 16.0. The van der Waals surface area contributed by atoms with Crippen molar-refractivity contribution in [2.45, 2.75) is 25.4 Å². The molecule has 1 aliphatic heterocycles. The molecule has 1 aliphatic rings. The molecule has 13 nitrogen and oxygen atoms in total. The zero-order valence-electron chi connectivity index (χ0n) is 21.8. The number of aliphatic carboxylic acids is 4. The van der Waals surface area contributed by atoms with E-state index in [9.17, 15) is 39.6 Å². The number of carbonyl (C=O) groups is 4. The lowest BCUT2D eigenvalue weighted by atomic mass is 10.0. The van der Waals surface area contributed by atoms with Gasteiger partial charge in [-0.05, 0) is 43.3 Å². The Bertz CT molecular complexity index is 1050. The van der Waals surface area contributed by atoms with Gasteiger partial charge in [0.1, 0.15) is 0 Å². The Morgan fingerprint density at radius 2 is 1.31 bits per heavy atom. The lowest BCUT2D eigenvalue weighted by molar-refractivity contribution is -0.142. The topological polar surface area (TPSA) is 175 Å². The molecule has 1 aromatic rings. The summed E-state index contributed by atoms with van der Waals surface area (Å²) in [6.07, 6.45) is 0.386. The van der Waals surface area contributed by atoms with Gasteiger partial charge in [-0.3, -0.25) is 38.8 Å². The zero-order valence-corrected chi connectivity index (χ0v) is 22.6. The summed E-state index contributed by atoms with van der Waals surface area (Å²) in [7, 11) is 0. The third kappa shape index (κ3) is 12.0. The van der Waals surface area contributed by atoms with Crippen molar-refractivity contribution in [2.24, 2.45) is 4.99 Å². The molecule has 2 atom stereocenters. The molecule has 0 aliphatic carbocycles. The fraction of sp³-hybridized carbons (Fsp3) is 0.560. The summed E-state index contributed by atoms with van der Waals surface area (Å²) in [4.78, 5) is 57.3. The number of benzene rings is 1. The van der Waals surface area contributed by atoms with Gasteiger partial charge in [-0.25, -0.2) is 0 Å². The second-order valence-electron chi connectivity index (χ2n) is 9.56. The number of rotatable bonds is 11. The summed E-state index contributed by atoms with van der Waals surface area (Å²) in [5, 5.41) is 40.4. The lowest BCUT2D eigenvalue weighted by Crippen LogP contribution is -2.55. The minimum absolute atomic E-state index is 0.198. The molecular formula is C25H35N5O8S. The summed E-state index contributed by atoms with van der Waals surface area (Å²) in [6.45, 7) is 1.96. The number of carboxylic acid groups (broad SMARTS) is 4. The van der Waals surface area contributed by atoms with Crippen LogP contribution in [0.2, 0.25) is 0 Å². The minimum Gasteiger partial charge on any atom is -0.480 e. The molecule has 1 aromatic carbocycles. The number of thiocarbonyl (C=S) groups is 1. The van der Waals surface area contributed by atoms with Crippen LogP contribution in [-0.2, 0) is 25.6 Å². The van der Waals surface area contributed by atoms with Gasteiger partial charge in [0.15, 0.2) is 0 Å². The Labute approximate surface area is 231 Å². The average Bonchev–Trinajstić information content (AvgIpc) is 2.83. The largest absolute Gasteiger partial charge is 0.480 e. The van der Waals surface area contributed by atoms with Crippen LogP contribution >= 0.6 is 12.2 Å². The van der Waals surface area contributed by atoms with E-state index in [4.69, 9.17) is 0 Å². The zero-order chi connectivity index (χ0) is 28.9. The van der Waals surface area contributed by atoms with Crippen LogP contribution in [0.3, 0.4) is 0 Å². The Balaban J connectivity index is 2.47. The normalized spacial score (nSPS) is 20.7. The molecule has 1 fully saturated rings. The number of carboxylic acids is 4. The third-order valence-electron chi connectivity index (χ3n) is 6.51. The van der Waals surface area contributed by atoms with E-state index in [1.165, 1.54) is 0 Å². The quantitative estimate of drug-likeness (QED) is 0.213. The first kappa shape index (κ1) is 32.0. The predicted octanol–water partition coefficient (Wildman–Crippen LogP) is 0.281. The molecule has 0 saturated carbocycles. The van der Waals surface area contributed by atoms with Crippen LogP contribution in [0, 0.1) is 0 Å². The fourth-order valence-corrected chi connectivity index (χ4v) is 4.82. The summed E-state index contributed by atoms with van der Waals surface area (Å²) < 4.78 is 0. The SMILES string of the molecule is CC1CN(CC(=O)O)CC(Cc2ccc(N=C=S)cc2)N(CC(=O)O)CCN(CC(=O)O)CCN1CC(=O)O. The molecular weight excluding hydrogens is 530 g/mol. The van der Waals surface area contributed by atoms with Crippen LogP contribution in [-0.4, -0.2) is 147 Å². The minimum atomic E-state index is -1.06. The molecule has 0 aromatic heterocycles. The molecule has 4 N–H and O–H groups in total. The maximum absolute atomic E-state index is 11.8. The Morgan fingerprint density at radius 1 is 0.795 bits per heavy atom. The first-order chi connectivity index (χ1) is 18.5. The highest BCUT2D eigenvalue weighted by atomic mass is 32.1. The molecule has 2 rings (SSSR count). The van der Waals surface area contributed by atoms with E-state index >= 15 is 0 Å². The van der Waals surface area contributed by atoms with Gasteiger partial charge in [-0.15, -0.1) is 0 Å². The maximum atomic E-state index is 11.8. The van der Waals surface area contributed by atoms with Gasteiger partial charge >= 0.3 is 23.9 Å². The van der Waals surface area contributed by atoms with Crippen molar-refractivity contribution in [3.05, 3.63) is 29.8 Å². The summed E-state index contributed by atoms with van der Waals surface area (Å²) in [5.74, 6) is -4.21. The molecule has 0 spiro atoms. The predicted molar refractivity (Wildman–Crippen MR) is 145 cm³/mol. The molecule has 14 heteroatoms. The highest BCUT2D eigenvalue weighted by Gasteiger charge is 2.29. The number of nitrogens with zero attached hydrogens (tertiary/aromatic N) is 5. The number of hydrogen-bond donors (Lipinski definition) is 4. The monoisotopic (exact) mass is 565 g/mol. The van der Waals surface area contributed by atoms with Crippen molar-refractivity contribution in [1.29, 1.82) is 0 Å². The molecule has 0 radical (unpaired) electrons.